The molecule has 6 aromatic rings. The van der Waals surface area contributed by atoms with E-state index in [1.165, 1.54) is 27.9 Å². The molecule has 0 saturated carbocycles. The van der Waals surface area contributed by atoms with E-state index < -0.39 is 0 Å². The Balaban J connectivity index is 1.66. The molecule has 0 bridgehead atoms. The molecule has 0 N–H and O–H groups in total. The van der Waals surface area contributed by atoms with Gasteiger partial charge in [0.1, 0.15) is 12.9 Å². The van der Waals surface area contributed by atoms with Crippen LogP contribution in [-0.2, 0) is 7.05 Å². The van der Waals surface area contributed by atoms with Crippen LogP contribution in [-0.4, -0.2) is 4.57 Å². The molecule has 0 aliphatic rings. The van der Waals surface area contributed by atoms with Crippen LogP contribution in [0.2, 0.25) is 0 Å². The van der Waals surface area contributed by atoms with Crippen LogP contribution in [0, 0.1) is 26.6 Å². The van der Waals surface area contributed by atoms with Crippen molar-refractivity contribution in [1.82, 2.24) is 4.57 Å². The van der Waals surface area contributed by atoms with E-state index in [0.29, 0.717) is 5.52 Å². The highest BCUT2D eigenvalue weighted by Gasteiger charge is 2.20. The van der Waals surface area contributed by atoms with E-state index in [4.69, 9.17) is 0 Å². The average molecular weight is 446 g/mol. The number of aryl methyl sites for hydroxylation is 3. The van der Waals surface area contributed by atoms with Crippen LogP contribution in [0.25, 0.3) is 49.7 Å². The number of hydrogen-bond acceptors (Lipinski definition) is 0. The van der Waals surface area contributed by atoms with Gasteiger partial charge in [-0.25, -0.2) is 4.39 Å². The molecule has 0 amide bonds. The second kappa shape index (κ2) is 7.53. The zero-order valence-electron chi connectivity index (χ0n) is 19.9. The van der Waals surface area contributed by atoms with Crippen molar-refractivity contribution in [2.45, 2.75) is 20.8 Å². The third-order valence-corrected chi connectivity index (χ3v) is 7.15. The summed E-state index contributed by atoms with van der Waals surface area (Å²) in [7, 11) is 2.12. The molecule has 3 heteroatoms. The smallest absolute Gasteiger partial charge is 0.214 e. The molecular formula is C31H26FN2+. The Bertz CT molecular complexity index is 1760. The van der Waals surface area contributed by atoms with Gasteiger partial charge in [-0.3, -0.25) is 0 Å². The maximum absolute atomic E-state index is 15.1. The number of halogens is 1. The predicted molar refractivity (Wildman–Crippen MR) is 139 cm³/mol. The van der Waals surface area contributed by atoms with E-state index in [2.05, 4.69) is 87.0 Å². The summed E-state index contributed by atoms with van der Waals surface area (Å²) in [6.45, 7) is 6.50. The molecule has 34 heavy (non-hydrogen) atoms. The zero-order chi connectivity index (χ0) is 23.6. The van der Waals surface area contributed by atoms with Gasteiger partial charge in [0, 0.05) is 33.9 Å². The van der Waals surface area contributed by atoms with Gasteiger partial charge in [0.25, 0.3) is 0 Å². The van der Waals surface area contributed by atoms with Crippen molar-refractivity contribution < 1.29 is 8.96 Å². The lowest BCUT2D eigenvalue weighted by atomic mass is 9.97. The third-order valence-electron chi connectivity index (χ3n) is 7.15. The standard InChI is InChI=1S/C31H26FN2/c1-19-16-20(2)21(3)26(17-19)28-15-13-22-12-14-23(18-30(22)33(28)4)34-29-11-6-5-8-24(29)25-9-7-10-27(32)31(25)34/h5-18H,1-4H3/q+1. The summed E-state index contributed by atoms with van der Waals surface area (Å²) >= 11 is 0. The molecule has 0 atom stereocenters. The fourth-order valence-corrected chi connectivity index (χ4v) is 5.33. The number of aromatic nitrogens is 2. The number of nitrogens with zero attached hydrogens (tertiary/aromatic N) is 2. The minimum Gasteiger partial charge on any atom is -0.306 e. The molecule has 0 radical (unpaired) electrons. The summed E-state index contributed by atoms with van der Waals surface area (Å²) in [6.07, 6.45) is 0. The minimum absolute atomic E-state index is 0.210. The maximum Gasteiger partial charge on any atom is 0.214 e. The highest BCUT2D eigenvalue weighted by atomic mass is 19.1. The Hall–Kier alpha value is -3.98. The molecule has 0 aliphatic heterocycles. The monoisotopic (exact) mass is 445 g/mol. The first-order valence-electron chi connectivity index (χ1n) is 11.6. The van der Waals surface area contributed by atoms with Gasteiger partial charge in [-0.1, -0.05) is 42.0 Å². The Morgan fingerprint density at radius 3 is 2.38 bits per heavy atom. The molecule has 0 aliphatic carbocycles. The second-order valence-electron chi connectivity index (χ2n) is 9.26. The Morgan fingerprint density at radius 2 is 1.53 bits per heavy atom. The average Bonchev–Trinajstić information content (AvgIpc) is 3.18. The van der Waals surface area contributed by atoms with Crippen LogP contribution >= 0.6 is 0 Å². The van der Waals surface area contributed by atoms with Crippen LogP contribution in [0.5, 0.6) is 0 Å². The van der Waals surface area contributed by atoms with Gasteiger partial charge in [0.15, 0.2) is 0 Å². The number of fused-ring (bicyclic) bond motifs is 4. The highest BCUT2D eigenvalue weighted by molar-refractivity contribution is 6.09. The van der Waals surface area contributed by atoms with Crippen LogP contribution in [0.1, 0.15) is 16.7 Å². The van der Waals surface area contributed by atoms with Crippen molar-refractivity contribution >= 4 is 32.7 Å². The van der Waals surface area contributed by atoms with Crippen LogP contribution < -0.4 is 4.57 Å². The molecule has 0 fully saturated rings. The van der Waals surface area contributed by atoms with Gasteiger partial charge in [0.05, 0.1) is 16.7 Å². The number of rotatable bonds is 2. The predicted octanol–water partition coefficient (Wildman–Crippen LogP) is 7.49. The van der Waals surface area contributed by atoms with E-state index in [9.17, 15) is 0 Å². The summed E-state index contributed by atoms with van der Waals surface area (Å²) in [4.78, 5) is 0. The number of benzene rings is 4. The zero-order valence-corrected chi connectivity index (χ0v) is 19.9. The van der Waals surface area contributed by atoms with Gasteiger partial charge < -0.3 is 4.57 Å². The molecule has 0 spiro atoms. The second-order valence-corrected chi connectivity index (χ2v) is 9.26. The van der Waals surface area contributed by atoms with Crippen LogP contribution in [0.3, 0.4) is 0 Å². The number of para-hydroxylation sites is 2. The summed E-state index contributed by atoms with van der Waals surface area (Å²) < 4.78 is 19.4. The van der Waals surface area contributed by atoms with Gasteiger partial charge in [0.2, 0.25) is 11.2 Å². The Labute approximate surface area is 198 Å². The summed E-state index contributed by atoms with van der Waals surface area (Å²) in [5.74, 6) is -0.210. The summed E-state index contributed by atoms with van der Waals surface area (Å²) in [6, 6.07) is 28.7. The Morgan fingerprint density at radius 1 is 0.765 bits per heavy atom. The van der Waals surface area contributed by atoms with E-state index >= 15 is 4.39 Å². The molecule has 2 nitrogen and oxygen atoms in total. The molecule has 0 saturated heterocycles. The molecule has 2 heterocycles. The topological polar surface area (TPSA) is 8.81 Å². The highest BCUT2D eigenvalue weighted by Crippen LogP contribution is 2.34. The molecule has 166 valence electrons. The van der Waals surface area contributed by atoms with E-state index in [0.717, 1.165) is 32.9 Å². The fraction of sp³-hybridized carbons (Fsp3) is 0.129. The summed E-state index contributed by atoms with van der Waals surface area (Å²) in [5, 5.41) is 3.14. The lowest BCUT2D eigenvalue weighted by molar-refractivity contribution is -0.633. The lowest BCUT2D eigenvalue weighted by Gasteiger charge is -2.12. The molecule has 6 rings (SSSR count). The largest absolute Gasteiger partial charge is 0.306 e. The van der Waals surface area contributed by atoms with Gasteiger partial charge >= 0.3 is 0 Å². The van der Waals surface area contributed by atoms with Crippen molar-refractivity contribution in [2.75, 3.05) is 0 Å². The van der Waals surface area contributed by atoms with E-state index in [1.54, 1.807) is 12.1 Å². The number of pyridine rings is 1. The first-order chi connectivity index (χ1) is 16.4. The van der Waals surface area contributed by atoms with Gasteiger partial charge in [-0.2, -0.15) is 4.57 Å². The van der Waals surface area contributed by atoms with Crippen molar-refractivity contribution in [1.29, 1.82) is 0 Å². The third kappa shape index (κ3) is 2.97. The summed E-state index contributed by atoms with van der Waals surface area (Å²) in [5.41, 5.74) is 9.94. The lowest BCUT2D eigenvalue weighted by Crippen LogP contribution is -2.32. The van der Waals surface area contributed by atoms with Crippen molar-refractivity contribution in [3.63, 3.8) is 0 Å². The first kappa shape index (κ1) is 20.6. The minimum atomic E-state index is -0.210. The molecule has 0 unspecified atom stereocenters. The molecule has 4 aromatic carbocycles. The Kier molecular flexibility index (Phi) is 4.56. The van der Waals surface area contributed by atoms with Crippen molar-refractivity contribution in [3.8, 4) is 16.9 Å². The SMILES string of the molecule is Cc1cc(C)c(C)c(-c2ccc3ccc(-n4c5ccccc5c5cccc(F)c54)cc3[n+]2C)c1. The molecular weight excluding hydrogens is 419 g/mol. The maximum atomic E-state index is 15.1. The fourth-order valence-electron chi connectivity index (χ4n) is 5.33. The van der Waals surface area contributed by atoms with Crippen molar-refractivity contribution in [3.05, 3.63) is 107 Å². The normalized spacial score (nSPS) is 11.7. The van der Waals surface area contributed by atoms with E-state index in [1.807, 2.05) is 22.8 Å². The van der Waals surface area contributed by atoms with Crippen molar-refractivity contribution in [2.24, 2.45) is 7.05 Å². The van der Waals surface area contributed by atoms with Gasteiger partial charge in [-0.05, 0) is 68.3 Å². The quantitative estimate of drug-likeness (QED) is 0.244. The molecule has 2 aromatic heterocycles. The van der Waals surface area contributed by atoms with Crippen LogP contribution in [0.15, 0.2) is 84.9 Å². The van der Waals surface area contributed by atoms with Gasteiger partial charge in [-0.15, -0.1) is 0 Å². The number of hydrogen-bond donors (Lipinski definition) is 0. The first-order valence-corrected chi connectivity index (χ1v) is 11.6. The van der Waals surface area contributed by atoms with E-state index in [-0.39, 0.29) is 5.82 Å². The van der Waals surface area contributed by atoms with Crippen LogP contribution in [0.4, 0.5) is 4.39 Å².